The Labute approximate surface area is 161 Å². The van der Waals surface area contributed by atoms with Gasteiger partial charge in [0.1, 0.15) is 11.9 Å². The van der Waals surface area contributed by atoms with Crippen LogP contribution in [0.4, 0.5) is 0 Å². The van der Waals surface area contributed by atoms with E-state index in [4.69, 9.17) is 25.8 Å². The molecule has 1 aliphatic heterocycles. The number of carboxylic acids is 1. The van der Waals surface area contributed by atoms with Crippen LogP contribution < -0.4 is 14.2 Å². The number of ether oxygens (including phenoxy) is 3. The minimum Gasteiger partial charge on any atom is -0.493 e. The molecule has 27 heavy (non-hydrogen) atoms. The van der Waals surface area contributed by atoms with E-state index < -0.39 is 18.0 Å². The van der Waals surface area contributed by atoms with Gasteiger partial charge in [-0.25, -0.2) is 4.79 Å². The first-order chi connectivity index (χ1) is 12.9. The molecule has 2 atom stereocenters. The zero-order chi connectivity index (χ0) is 19.7. The second kappa shape index (κ2) is 7.50. The zero-order valence-electron chi connectivity index (χ0n) is 15.0. The van der Waals surface area contributed by atoms with Crippen molar-refractivity contribution in [2.24, 2.45) is 0 Å². The molecule has 1 heterocycles. The molecule has 0 saturated carbocycles. The van der Waals surface area contributed by atoms with Crippen molar-refractivity contribution in [3.8, 4) is 17.2 Å². The highest BCUT2D eigenvalue weighted by Crippen LogP contribution is 2.45. The molecule has 6 nitrogen and oxygen atoms in total. The largest absolute Gasteiger partial charge is 0.493 e. The quantitative estimate of drug-likeness (QED) is 0.804. The molecule has 0 radical (unpaired) electrons. The molecule has 2 aromatic rings. The first-order valence-corrected chi connectivity index (χ1v) is 8.59. The lowest BCUT2D eigenvalue weighted by molar-refractivity contribution is -0.135. The van der Waals surface area contributed by atoms with Gasteiger partial charge in [-0.05, 0) is 35.9 Å². The van der Waals surface area contributed by atoms with Gasteiger partial charge in [0, 0.05) is 22.1 Å². The number of aliphatic hydroxyl groups excluding tert-OH is 1. The molecular formula is C20H19ClO6. The Kier molecular flexibility index (Phi) is 5.30. The van der Waals surface area contributed by atoms with Gasteiger partial charge in [0.25, 0.3) is 0 Å². The van der Waals surface area contributed by atoms with Gasteiger partial charge in [-0.15, -0.1) is 0 Å². The second-order valence-electron chi connectivity index (χ2n) is 6.11. The van der Waals surface area contributed by atoms with Crippen LogP contribution in [0.1, 0.15) is 30.1 Å². The number of carbonyl (C=O) groups is 1. The Hall–Kier alpha value is -2.70. The number of carboxylic acid groups (broad SMARTS) is 1. The van der Waals surface area contributed by atoms with Crippen molar-refractivity contribution in [3.63, 3.8) is 0 Å². The molecule has 2 aromatic carbocycles. The fraction of sp³-hybridized carbons (Fsp3) is 0.250. The highest BCUT2D eigenvalue weighted by molar-refractivity contribution is 6.30. The van der Waals surface area contributed by atoms with E-state index >= 15 is 0 Å². The number of benzene rings is 2. The van der Waals surface area contributed by atoms with Gasteiger partial charge in [0.05, 0.1) is 14.2 Å². The fourth-order valence-corrected chi connectivity index (χ4v) is 3.37. The van der Waals surface area contributed by atoms with Crippen molar-refractivity contribution >= 4 is 17.6 Å². The Bertz CT molecular complexity index is 921. The molecule has 3 rings (SSSR count). The summed E-state index contributed by atoms with van der Waals surface area (Å²) in [4.78, 5) is 11.8. The SMILES string of the molecule is COc1ccc(C(C)C2=C(C(=O)O)Oc3ccc(Cl)cc3C2O)cc1OC. The highest BCUT2D eigenvalue weighted by Gasteiger charge is 2.35. The van der Waals surface area contributed by atoms with Crippen molar-refractivity contribution in [1.29, 1.82) is 0 Å². The molecule has 0 saturated heterocycles. The van der Waals surface area contributed by atoms with Gasteiger partial charge >= 0.3 is 5.97 Å². The molecule has 1 aliphatic rings. The van der Waals surface area contributed by atoms with Crippen LogP contribution >= 0.6 is 11.6 Å². The van der Waals surface area contributed by atoms with Crippen LogP contribution in [0, 0.1) is 0 Å². The average molecular weight is 391 g/mol. The summed E-state index contributed by atoms with van der Waals surface area (Å²) in [5, 5.41) is 21.0. The van der Waals surface area contributed by atoms with Crippen LogP contribution in [0.2, 0.25) is 5.02 Å². The molecule has 0 amide bonds. The highest BCUT2D eigenvalue weighted by atomic mass is 35.5. The van der Waals surface area contributed by atoms with Crippen LogP contribution in [0.5, 0.6) is 17.2 Å². The van der Waals surface area contributed by atoms with E-state index in [9.17, 15) is 15.0 Å². The fourth-order valence-electron chi connectivity index (χ4n) is 3.19. The van der Waals surface area contributed by atoms with E-state index in [0.29, 0.717) is 22.1 Å². The first-order valence-electron chi connectivity index (χ1n) is 8.22. The average Bonchev–Trinajstić information content (AvgIpc) is 2.67. The van der Waals surface area contributed by atoms with Crippen LogP contribution in [0.25, 0.3) is 0 Å². The lowest BCUT2D eigenvalue weighted by Gasteiger charge is -2.30. The van der Waals surface area contributed by atoms with Crippen molar-refractivity contribution in [3.05, 3.63) is 63.9 Å². The van der Waals surface area contributed by atoms with Crippen molar-refractivity contribution < 1.29 is 29.2 Å². The summed E-state index contributed by atoms with van der Waals surface area (Å²) in [6.07, 6.45) is -1.17. The number of rotatable bonds is 5. The number of halogens is 1. The molecule has 7 heteroatoms. The van der Waals surface area contributed by atoms with Crippen LogP contribution in [0.15, 0.2) is 47.7 Å². The molecule has 0 spiro atoms. The van der Waals surface area contributed by atoms with E-state index in [0.717, 1.165) is 5.56 Å². The number of hydrogen-bond acceptors (Lipinski definition) is 5. The van der Waals surface area contributed by atoms with E-state index in [1.807, 2.05) is 0 Å². The standard InChI is InChI=1S/C20H19ClO6/c1-10(11-4-6-15(25-2)16(8-11)26-3)17-18(22)13-9-12(21)5-7-14(13)27-19(17)20(23)24/h4-10,18,22H,1-3H3,(H,23,24). The maximum Gasteiger partial charge on any atom is 0.371 e. The van der Waals surface area contributed by atoms with E-state index in [1.165, 1.54) is 14.2 Å². The normalized spacial score (nSPS) is 17.0. The number of aliphatic carboxylic acids is 1. The lowest BCUT2D eigenvalue weighted by Crippen LogP contribution is -2.23. The van der Waals surface area contributed by atoms with Gasteiger partial charge in [-0.3, -0.25) is 0 Å². The topological polar surface area (TPSA) is 85.2 Å². The summed E-state index contributed by atoms with van der Waals surface area (Å²) in [5.41, 5.74) is 1.41. The number of fused-ring (bicyclic) bond motifs is 1. The minimum atomic E-state index is -1.25. The third-order valence-corrected chi connectivity index (χ3v) is 4.84. The molecule has 2 N–H and O–H groups in total. The van der Waals surface area contributed by atoms with Gasteiger partial charge in [0.15, 0.2) is 11.5 Å². The summed E-state index contributed by atoms with van der Waals surface area (Å²) in [5.74, 6) is -0.672. The maximum atomic E-state index is 11.8. The summed E-state index contributed by atoms with van der Waals surface area (Å²) in [7, 11) is 3.05. The van der Waals surface area contributed by atoms with Crippen molar-refractivity contribution in [2.45, 2.75) is 18.9 Å². The molecule has 142 valence electrons. The molecule has 2 unspecified atom stereocenters. The van der Waals surface area contributed by atoms with Crippen LogP contribution in [-0.2, 0) is 4.79 Å². The monoisotopic (exact) mass is 390 g/mol. The number of aliphatic hydroxyl groups is 1. The Morgan fingerprint density at radius 2 is 1.85 bits per heavy atom. The number of methoxy groups -OCH3 is 2. The Balaban J connectivity index is 2.10. The predicted molar refractivity (Wildman–Crippen MR) is 99.7 cm³/mol. The first kappa shape index (κ1) is 19.1. The predicted octanol–water partition coefficient (Wildman–Crippen LogP) is 3.93. The molecule has 0 bridgehead atoms. The van der Waals surface area contributed by atoms with Crippen LogP contribution in [-0.4, -0.2) is 30.4 Å². The Morgan fingerprint density at radius 1 is 1.15 bits per heavy atom. The van der Waals surface area contributed by atoms with Crippen molar-refractivity contribution in [2.75, 3.05) is 14.2 Å². The molecule has 0 aromatic heterocycles. The smallest absolute Gasteiger partial charge is 0.371 e. The van der Waals surface area contributed by atoms with E-state index in [2.05, 4.69) is 0 Å². The minimum absolute atomic E-state index is 0.240. The Morgan fingerprint density at radius 3 is 2.48 bits per heavy atom. The van der Waals surface area contributed by atoms with Crippen LogP contribution in [0.3, 0.4) is 0 Å². The third kappa shape index (κ3) is 3.46. The van der Waals surface area contributed by atoms with Gasteiger partial charge in [-0.1, -0.05) is 24.6 Å². The molecular weight excluding hydrogens is 372 g/mol. The van der Waals surface area contributed by atoms with Gasteiger partial charge in [0.2, 0.25) is 5.76 Å². The number of hydrogen-bond donors (Lipinski definition) is 2. The van der Waals surface area contributed by atoms with Gasteiger partial charge in [-0.2, -0.15) is 0 Å². The van der Waals surface area contributed by atoms with E-state index in [-0.39, 0.29) is 17.1 Å². The third-order valence-electron chi connectivity index (χ3n) is 4.60. The summed E-state index contributed by atoms with van der Waals surface area (Å²) in [6.45, 7) is 1.79. The molecule has 0 aliphatic carbocycles. The maximum absolute atomic E-state index is 11.8. The summed E-state index contributed by atoms with van der Waals surface area (Å²) in [6, 6.07) is 9.96. The zero-order valence-corrected chi connectivity index (χ0v) is 15.8. The second-order valence-corrected chi connectivity index (χ2v) is 6.55. The summed E-state index contributed by atoms with van der Waals surface area (Å²) < 4.78 is 16.1. The lowest BCUT2D eigenvalue weighted by atomic mass is 9.84. The summed E-state index contributed by atoms with van der Waals surface area (Å²) >= 11 is 6.03. The van der Waals surface area contributed by atoms with E-state index in [1.54, 1.807) is 43.3 Å². The van der Waals surface area contributed by atoms with Gasteiger partial charge < -0.3 is 24.4 Å². The molecule has 0 fully saturated rings. The van der Waals surface area contributed by atoms with Crippen molar-refractivity contribution in [1.82, 2.24) is 0 Å².